The van der Waals surface area contributed by atoms with Crippen molar-refractivity contribution >= 4 is 21.2 Å². The van der Waals surface area contributed by atoms with Crippen LogP contribution in [0.25, 0.3) is 0 Å². The van der Waals surface area contributed by atoms with Gasteiger partial charge in [0.1, 0.15) is 0 Å². The van der Waals surface area contributed by atoms with E-state index in [0.29, 0.717) is 5.69 Å². The second-order valence-corrected chi connectivity index (χ2v) is 6.71. The summed E-state index contributed by atoms with van der Waals surface area (Å²) >= 11 is 0. The van der Waals surface area contributed by atoms with Crippen LogP contribution in [0.1, 0.15) is 19.3 Å². The summed E-state index contributed by atoms with van der Waals surface area (Å²) in [5, 5.41) is 3.27. The number of benzene rings is 1. The molecule has 0 saturated heterocycles. The van der Waals surface area contributed by atoms with Crippen LogP contribution in [0.15, 0.2) is 23.1 Å². The normalized spacial score (nSPS) is 16.5. The molecule has 0 bridgehead atoms. The zero-order valence-corrected chi connectivity index (χ0v) is 10.8. The van der Waals surface area contributed by atoms with Crippen molar-refractivity contribution in [2.75, 3.05) is 23.9 Å². The van der Waals surface area contributed by atoms with E-state index in [1.165, 1.54) is 31.6 Å². The molecule has 5 heteroatoms. The SMILES string of the molecule is CS(=O)(=O)c1ccc(NCC2CCC2)c(N)c1. The van der Waals surface area contributed by atoms with Crippen LogP contribution in [-0.2, 0) is 9.84 Å². The third-order valence-electron chi connectivity index (χ3n) is 3.26. The van der Waals surface area contributed by atoms with Gasteiger partial charge in [-0.3, -0.25) is 0 Å². The van der Waals surface area contributed by atoms with Crippen molar-refractivity contribution in [1.82, 2.24) is 0 Å². The molecule has 17 heavy (non-hydrogen) atoms. The summed E-state index contributed by atoms with van der Waals surface area (Å²) in [5.74, 6) is 0.740. The van der Waals surface area contributed by atoms with Crippen LogP contribution in [0.4, 0.5) is 11.4 Å². The quantitative estimate of drug-likeness (QED) is 0.805. The fraction of sp³-hybridized carbons (Fsp3) is 0.500. The standard InChI is InChI=1S/C12H18N2O2S/c1-17(15,16)10-5-6-12(11(13)7-10)14-8-9-3-2-4-9/h5-7,9,14H,2-4,8,13H2,1H3. The molecular formula is C12H18N2O2S. The summed E-state index contributed by atoms with van der Waals surface area (Å²) in [4.78, 5) is 0.268. The lowest BCUT2D eigenvalue weighted by atomic mass is 9.85. The molecule has 1 aliphatic rings. The third-order valence-corrected chi connectivity index (χ3v) is 4.37. The Balaban J connectivity index is 2.08. The minimum atomic E-state index is -3.17. The zero-order chi connectivity index (χ0) is 12.5. The first kappa shape index (κ1) is 12.2. The van der Waals surface area contributed by atoms with Gasteiger partial charge in [-0.2, -0.15) is 0 Å². The maximum atomic E-state index is 11.3. The maximum Gasteiger partial charge on any atom is 0.175 e. The highest BCUT2D eigenvalue weighted by Crippen LogP contribution is 2.28. The summed E-state index contributed by atoms with van der Waals surface area (Å²) in [5.41, 5.74) is 7.15. The molecule has 0 unspecified atom stereocenters. The Labute approximate surface area is 102 Å². The number of sulfone groups is 1. The molecule has 0 radical (unpaired) electrons. The first-order valence-electron chi connectivity index (χ1n) is 5.80. The second-order valence-electron chi connectivity index (χ2n) is 4.70. The summed E-state index contributed by atoms with van der Waals surface area (Å²) < 4.78 is 22.7. The lowest BCUT2D eigenvalue weighted by molar-refractivity contribution is 0.333. The van der Waals surface area contributed by atoms with Gasteiger partial charge in [0.05, 0.1) is 16.3 Å². The molecule has 1 aromatic rings. The number of hydrogen-bond donors (Lipinski definition) is 2. The van der Waals surface area contributed by atoms with Crippen molar-refractivity contribution in [3.8, 4) is 0 Å². The summed E-state index contributed by atoms with van der Waals surface area (Å²) in [6, 6.07) is 4.84. The average Bonchev–Trinajstić information content (AvgIpc) is 2.16. The monoisotopic (exact) mass is 254 g/mol. The third kappa shape index (κ3) is 2.91. The molecule has 1 saturated carbocycles. The Morgan fingerprint density at radius 3 is 2.59 bits per heavy atom. The Morgan fingerprint density at radius 2 is 2.12 bits per heavy atom. The van der Waals surface area contributed by atoms with Crippen LogP contribution in [0.2, 0.25) is 0 Å². The van der Waals surface area contributed by atoms with Gasteiger partial charge in [-0.25, -0.2) is 8.42 Å². The molecule has 0 amide bonds. The number of anilines is 2. The molecule has 1 aliphatic carbocycles. The molecule has 0 aromatic heterocycles. The van der Waals surface area contributed by atoms with Crippen molar-refractivity contribution in [1.29, 1.82) is 0 Å². The van der Waals surface area contributed by atoms with Crippen LogP contribution < -0.4 is 11.1 Å². The van der Waals surface area contributed by atoms with Gasteiger partial charge in [-0.05, 0) is 37.0 Å². The van der Waals surface area contributed by atoms with Crippen LogP contribution >= 0.6 is 0 Å². The molecule has 94 valence electrons. The summed E-state index contributed by atoms with van der Waals surface area (Å²) in [7, 11) is -3.17. The van der Waals surface area contributed by atoms with E-state index in [-0.39, 0.29) is 4.90 Å². The summed E-state index contributed by atoms with van der Waals surface area (Å²) in [6.07, 6.45) is 5.04. The number of rotatable bonds is 4. The van der Waals surface area contributed by atoms with E-state index < -0.39 is 9.84 Å². The van der Waals surface area contributed by atoms with Gasteiger partial charge in [0, 0.05) is 12.8 Å². The van der Waals surface area contributed by atoms with Gasteiger partial charge >= 0.3 is 0 Å². The molecule has 0 heterocycles. The van der Waals surface area contributed by atoms with Gasteiger partial charge in [-0.1, -0.05) is 6.42 Å². The van der Waals surface area contributed by atoms with Crippen LogP contribution in [0, 0.1) is 5.92 Å². The molecule has 4 nitrogen and oxygen atoms in total. The number of nitrogens with one attached hydrogen (secondary N) is 1. The Morgan fingerprint density at radius 1 is 1.41 bits per heavy atom. The van der Waals surface area contributed by atoms with Crippen molar-refractivity contribution < 1.29 is 8.42 Å². The van der Waals surface area contributed by atoms with E-state index in [2.05, 4.69) is 5.32 Å². The van der Waals surface area contributed by atoms with Gasteiger partial charge in [-0.15, -0.1) is 0 Å². The highest BCUT2D eigenvalue weighted by Gasteiger charge is 2.17. The van der Waals surface area contributed by atoms with E-state index in [1.807, 2.05) is 0 Å². The zero-order valence-electron chi connectivity index (χ0n) is 9.94. The minimum Gasteiger partial charge on any atom is -0.397 e. The van der Waals surface area contributed by atoms with Gasteiger partial charge in [0.15, 0.2) is 9.84 Å². The topological polar surface area (TPSA) is 72.2 Å². The highest BCUT2D eigenvalue weighted by atomic mass is 32.2. The molecule has 0 atom stereocenters. The van der Waals surface area contributed by atoms with Crippen molar-refractivity contribution in [2.45, 2.75) is 24.2 Å². The summed E-state index contributed by atoms with van der Waals surface area (Å²) in [6.45, 7) is 0.919. The van der Waals surface area contributed by atoms with E-state index in [4.69, 9.17) is 5.73 Å². The first-order chi connectivity index (χ1) is 7.97. The Kier molecular flexibility index (Phi) is 3.28. The fourth-order valence-corrected chi connectivity index (χ4v) is 2.54. The minimum absolute atomic E-state index is 0.268. The molecule has 2 rings (SSSR count). The van der Waals surface area contributed by atoms with Gasteiger partial charge < -0.3 is 11.1 Å². The van der Waals surface area contributed by atoms with Crippen LogP contribution in [0.3, 0.4) is 0 Å². The molecule has 1 aromatic carbocycles. The number of nitrogen functional groups attached to an aromatic ring is 1. The molecule has 0 spiro atoms. The fourth-order valence-electron chi connectivity index (χ4n) is 1.88. The average molecular weight is 254 g/mol. The van der Waals surface area contributed by atoms with Crippen molar-refractivity contribution in [2.24, 2.45) is 5.92 Å². The smallest absolute Gasteiger partial charge is 0.175 e. The Bertz CT molecular complexity index is 507. The van der Waals surface area contributed by atoms with Crippen LogP contribution in [-0.4, -0.2) is 21.2 Å². The lowest BCUT2D eigenvalue weighted by Crippen LogP contribution is -2.21. The number of hydrogen-bond acceptors (Lipinski definition) is 4. The van der Waals surface area contributed by atoms with E-state index in [1.54, 1.807) is 12.1 Å². The van der Waals surface area contributed by atoms with Crippen molar-refractivity contribution in [3.05, 3.63) is 18.2 Å². The molecule has 1 fully saturated rings. The van der Waals surface area contributed by atoms with E-state index >= 15 is 0 Å². The molecular weight excluding hydrogens is 236 g/mol. The van der Waals surface area contributed by atoms with Gasteiger partial charge in [0.25, 0.3) is 0 Å². The highest BCUT2D eigenvalue weighted by molar-refractivity contribution is 7.90. The van der Waals surface area contributed by atoms with E-state index in [0.717, 1.165) is 18.2 Å². The molecule has 3 N–H and O–H groups in total. The maximum absolute atomic E-state index is 11.3. The molecule has 0 aliphatic heterocycles. The largest absolute Gasteiger partial charge is 0.397 e. The predicted molar refractivity (Wildman–Crippen MR) is 69.8 cm³/mol. The van der Waals surface area contributed by atoms with E-state index in [9.17, 15) is 8.42 Å². The number of nitrogens with two attached hydrogens (primary N) is 1. The van der Waals surface area contributed by atoms with Gasteiger partial charge in [0.2, 0.25) is 0 Å². The lowest BCUT2D eigenvalue weighted by Gasteiger charge is -2.26. The van der Waals surface area contributed by atoms with Crippen LogP contribution in [0.5, 0.6) is 0 Å². The first-order valence-corrected chi connectivity index (χ1v) is 7.69. The predicted octanol–water partition coefficient (Wildman–Crippen LogP) is 1.88. The second kappa shape index (κ2) is 4.56. The van der Waals surface area contributed by atoms with Crippen molar-refractivity contribution in [3.63, 3.8) is 0 Å². The Hall–Kier alpha value is -1.23.